The molecule has 0 saturated carbocycles. The van der Waals surface area contributed by atoms with Gasteiger partial charge in [-0.2, -0.15) is 5.10 Å². The van der Waals surface area contributed by atoms with Crippen LogP contribution in [0.4, 0.5) is 5.69 Å². The van der Waals surface area contributed by atoms with Crippen molar-refractivity contribution in [1.82, 2.24) is 34.9 Å². The van der Waals surface area contributed by atoms with E-state index in [1.165, 1.54) is 4.52 Å². The zero-order valence-corrected chi connectivity index (χ0v) is 17.5. The number of aryl methyl sites for hydroxylation is 2. The predicted molar refractivity (Wildman–Crippen MR) is 112 cm³/mol. The number of carbonyl (C=O) groups excluding carboxylic acids is 1. The molecule has 30 heavy (non-hydrogen) atoms. The minimum Gasteiger partial charge on any atom is -0.397 e. The number of rotatable bonds is 6. The van der Waals surface area contributed by atoms with Gasteiger partial charge in [-0.05, 0) is 43.7 Å². The van der Waals surface area contributed by atoms with Crippen LogP contribution in [0.5, 0.6) is 0 Å². The standard InChI is InChI=1S/C19H21ClN8O2/c1-10(8-30-9-12-6-13(21)17-14(7-12)27(3)26-24-17)22-19(29)18-11(2)23-16-5-4-15(20)25-28(16)18/h4-7,10H,8-9,21H2,1-3H3,(H,22,29). The lowest BCUT2D eigenvalue weighted by atomic mass is 10.2. The summed E-state index contributed by atoms with van der Waals surface area (Å²) in [5.74, 6) is -0.294. The van der Waals surface area contributed by atoms with Crippen molar-refractivity contribution in [3.63, 3.8) is 0 Å². The molecule has 3 N–H and O–H groups in total. The van der Waals surface area contributed by atoms with Crippen molar-refractivity contribution in [3.8, 4) is 0 Å². The van der Waals surface area contributed by atoms with Crippen LogP contribution in [0.25, 0.3) is 16.7 Å². The summed E-state index contributed by atoms with van der Waals surface area (Å²) >= 11 is 5.96. The Bertz CT molecular complexity index is 1250. The van der Waals surface area contributed by atoms with Gasteiger partial charge in [-0.25, -0.2) is 14.2 Å². The third-order valence-corrected chi connectivity index (χ3v) is 4.86. The molecule has 0 fully saturated rings. The number of aromatic nitrogens is 6. The molecular formula is C19H21ClN8O2. The van der Waals surface area contributed by atoms with Crippen molar-refractivity contribution in [1.29, 1.82) is 0 Å². The number of carbonyl (C=O) groups is 1. The Hall–Kier alpha value is -3.24. The lowest BCUT2D eigenvalue weighted by molar-refractivity contribution is 0.0814. The van der Waals surface area contributed by atoms with Gasteiger partial charge in [-0.3, -0.25) is 4.79 Å². The molecule has 1 unspecified atom stereocenters. The van der Waals surface area contributed by atoms with Gasteiger partial charge in [0.05, 0.1) is 30.1 Å². The van der Waals surface area contributed by atoms with Crippen LogP contribution in [0, 0.1) is 6.92 Å². The molecule has 11 heteroatoms. The first-order valence-corrected chi connectivity index (χ1v) is 9.69. The van der Waals surface area contributed by atoms with Gasteiger partial charge in [0.1, 0.15) is 10.7 Å². The lowest BCUT2D eigenvalue weighted by Gasteiger charge is -2.14. The normalized spacial score (nSPS) is 12.5. The van der Waals surface area contributed by atoms with E-state index in [1.54, 1.807) is 30.8 Å². The molecule has 3 heterocycles. The van der Waals surface area contributed by atoms with Gasteiger partial charge < -0.3 is 15.8 Å². The molecule has 1 aromatic carbocycles. The topological polar surface area (TPSA) is 125 Å². The number of nitrogen functional groups attached to an aromatic ring is 1. The second-order valence-electron chi connectivity index (χ2n) is 7.13. The van der Waals surface area contributed by atoms with Crippen LogP contribution in [0.1, 0.15) is 28.7 Å². The number of nitrogens with two attached hydrogens (primary N) is 1. The number of hydrogen-bond acceptors (Lipinski definition) is 7. The molecule has 156 valence electrons. The van der Waals surface area contributed by atoms with E-state index in [0.29, 0.717) is 41.5 Å². The Morgan fingerprint density at radius 3 is 2.97 bits per heavy atom. The third-order valence-electron chi connectivity index (χ3n) is 4.65. The van der Waals surface area contributed by atoms with Crippen molar-refractivity contribution in [2.24, 2.45) is 7.05 Å². The molecule has 0 aliphatic rings. The first-order valence-electron chi connectivity index (χ1n) is 9.31. The summed E-state index contributed by atoms with van der Waals surface area (Å²) < 4.78 is 8.89. The summed E-state index contributed by atoms with van der Waals surface area (Å²) in [6.45, 7) is 4.28. The molecule has 0 aliphatic heterocycles. The van der Waals surface area contributed by atoms with Crippen LogP contribution in [0.3, 0.4) is 0 Å². The SMILES string of the molecule is Cc1nc2ccc(Cl)nn2c1C(=O)NC(C)COCc1cc(N)c2nnn(C)c2c1. The van der Waals surface area contributed by atoms with Gasteiger partial charge in [0.15, 0.2) is 11.3 Å². The highest BCUT2D eigenvalue weighted by Crippen LogP contribution is 2.21. The Labute approximate surface area is 177 Å². The average molecular weight is 429 g/mol. The molecule has 1 amide bonds. The molecule has 0 spiro atoms. The van der Waals surface area contributed by atoms with E-state index in [1.807, 2.05) is 19.1 Å². The highest BCUT2D eigenvalue weighted by Gasteiger charge is 2.19. The molecule has 4 rings (SSSR count). The van der Waals surface area contributed by atoms with E-state index in [9.17, 15) is 4.79 Å². The highest BCUT2D eigenvalue weighted by molar-refractivity contribution is 6.29. The van der Waals surface area contributed by atoms with Crippen molar-refractivity contribution in [2.75, 3.05) is 12.3 Å². The van der Waals surface area contributed by atoms with Crippen LogP contribution in [-0.4, -0.2) is 48.1 Å². The number of imidazole rings is 1. The van der Waals surface area contributed by atoms with E-state index in [0.717, 1.165) is 11.1 Å². The van der Waals surface area contributed by atoms with Gasteiger partial charge in [0.25, 0.3) is 5.91 Å². The number of fused-ring (bicyclic) bond motifs is 2. The van der Waals surface area contributed by atoms with Crippen LogP contribution in [-0.2, 0) is 18.4 Å². The predicted octanol–water partition coefficient (Wildman–Crippen LogP) is 1.89. The second-order valence-corrected chi connectivity index (χ2v) is 7.51. The number of benzene rings is 1. The quantitative estimate of drug-likeness (QED) is 0.449. The maximum absolute atomic E-state index is 12.8. The molecule has 3 aromatic heterocycles. The number of halogens is 1. The van der Waals surface area contributed by atoms with Crippen molar-refractivity contribution in [3.05, 3.63) is 46.4 Å². The van der Waals surface area contributed by atoms with Crippen LogP contribution in [0.15, 0.2) is 24.3 Å². The number of amides is 1. The molecule has 0 aliphatic carbocycles. The Balaban J connectivity index is 1.39. The smallest absolute Gasteiger partial charge is 0.272 e. The van der Waals surface area contributed by atoms with Gasteiger partial charge in [-0.1, -0.05) is 16.8 Å². The molecule has 0 saturated heterocycles. The zero-order valence-electron chi connectivity index (χ0n) is 16.8. The number of nitrogens with zero attached hydrogens (tertiary/aromatic N) is 6. The number of anilines is 1. The largest absolute Gasteiger partial charge is 0.397 e. The molecule has 10 nitrogen and oxygen atoms in total. The highest BCUT2D eigenvalue weighted by atomic mass is 35.5. The van der Waals surface area contributed by atoms with E-state index in [-0.39, 0.29) is 17.1 Å². The number of nitrogens with one attached hydrogen (secondary N) is 1. The molecule has 4 aromatic rings. The number of ether oxygens (including phenoxy) is 1. The van der Waals surface area contributed by atoms with E-state index in [2.05, 4.69) is 25.7 Å². The third kappa shape index (κ3) is 3.79. The fourth-order valence-electron chi connectivity index (χ4n) is 3.27. The van der Waals surface area contributed by atoms with E-state index in [4.69, 9.17) is 22.1 Å². The summed E-state index contributed by atoms with van der Waals surface area (Å²) in [4.78, 5) is 17.1. The fraction of sp³-hybridized carbons (Fsp3) is 0.316. The van der Waals surface area contributed by atoms with Gasteiger partial charge in [0, 0.05) is 13.1 Å². The average Bonchev–Trinajstić information content (AvgIpc) is 3.21. The maximum Gasteiger partial charge on any atom is 0.272 e. The Morgan fingerprint density at radius 1 is 1.37 bits per heavy atom. The van der Waals surface area contributed by atoms with Crippen LogP contribution < -0.4 is 11.1 Å². The maximum atomic E-state index is 12.8. The van der Waals surface area contributed by atoms with Crippen LogP contribution >= 0.6 is 11.6 Å². The minimum absolute atomic E-state index is 0.235. The molecular weight excluding hydrogens is 408 g/mol. The number of hydrogen-bond donors (Lipinski definition) is 2. The van der Waals surface area contributed by atoms with Gasteiger partial charge in [-0.15, -0.1) is 5.10 Å². The first-order chi connectivity index (χ1) is 14.3. The van der Waals surface area contributed by atoms with Crippen LogP contribution in [0.2, 0.25) is 5.15 Å². The van der Waals surface area contributed by atoms with E-state index >= 15 is 0 Å². The monoisotopic (exact) mass is 428 g/mol. The summed E-state index contributed by atoms with van der Waals surface area (Å²) in [5.41, 5.74) is 10.5. The van der Waals surface area contributed by atoms with Gasteiger partial charge in [0.2, 0.25) is 0 Å². The summed E-state index contributed by atoms with van der Waals surface area (Å²) in [6, 6.07) is 6.86. The first kappa shape index (κ1) is 20.0. The Morgan fingerprint density at radius 2 is 2.17 bits per heavy atom. The summed E-state index contributed by atoms with van der Waals surface area (Å²) in [7, 11) is 1.81. The summed E-state index contributed by atoms with van der Waals surface area (Å²) in [5, 5.41) is 15.4. The van der Waals surface area contributed by atoms with Crippen molar-refractivity contribution >= 4 is 39.9 Å². The van der Waals surface area contributed by atoms with Crippen molar-refractivity contribution < 1.29 is 9.53 Å². The molecule has 0 radical (unpaired) electrons. The second kappa shape index (κ2) is 7.88. The van der Waals surface area contributed by atoms with Gasteiger partial charge >= 0.3 is 0 Å². The van der Waals surface area contributed by atoms with Crippen molar-refractivity contribution in [2.45, 2.75) is 26.5 Å². The lowest BCUT2D eigenvalue weighted by Crippen LogP contribution is -2.37. The summed E-state index contributed by atoms with van der Waals surface area (Å²) in [6.07, 6.45) is 0. The fourth-order valence-corrected chi connectivity index (χ4v) is 3.41. The molecule has 0 bridgehead atoms. The minimum atomic E-state index is -0.294. The van der Waals surface area contributed by atoms with E-state index < -0.39 is 0 Å². The Kier molecular flexibility index (Phi) is 5.27. The molecule has 1 atom stereocenters. The zero-order chi connectivity index (χ0) is 21.4.